The number of benzene rings is 1. The molecule has 0 amide bonds. The molecule has 0 radical (unpaired) electrons. The van der Waals surface area contributed by atoms with Crippen molar-refractivity contribution in [2.45, 2.75) is 19.9 Å². The number of thiophene rings is 1. The number of rotatable bonds is 5. The summed E-state index contributed by atoms with van der Waals surface area (Å²) >= 11 is 1.54. The Morgan fingerprint density at radius 3 is 2.78 bits per heavy atom. The first-order valence-electron chi connectivity index (χ1n) is 5.73. The van der Waals surface area contributed by atoms with Crippen molar-refractivity contribution in [3.8, 4) is 0 Å². The summed E-state index contributed by atoms with van der Waals surface area (Å²) in [6.07, 6.45) is 0.106. The minimum atomic E-state index is -0.782. The molecule has 0 bridgehead atoms. The van der Waals surface area contributed by atoms with Crippen LogP contribution in [-0.4, -0.2) is 11.1 Å². The first kappa shape index (κ1) is 12.6. The number of hydrogen-bond donors (Lipinski definition) is 2. The van der Waals surface area contributed by atoms with Gasteiger partial charge in [0, 0.05) is 22.0 Å². The first-order chi connectivity index (χ1) is 8.63. The van der Waals surface area contributed by atoms with E-state index in [1.54, 1.807) is 11.3 Å². The summed E-state index contributed by atoms with van der Waals surface area (Å²) < 4.78 is 0. The van der Waals surface area contributed by atoms with Crippen molar-refractivity contribution in [1.29, 1.82) is 0 Å². The fourth-order valence-corrected chi connectivity index (χ4v) is 2.65. The van der Waals surface area contributed by atoms with Gasteiger partial charge in [0.15, 0.2) is 0 Å². The molecule has 0 spiro atoms. The van der Waals surface area contributed by atoms with Crippen LogP contribution in [0.25, 0.3) is 0 Å². The lowest BCUT2D eigenvalue weighted by Crippen LogP contribution is -1.98. The van der Waals surface area contributed by atoms with Gasteiger partial charge in [-0.2, -0.15) is 0 Å². The highest BCUT2D eigenvalue weighted by Gasteiger charge is 2.04. The maximum Gasteiger partial charge on any atom is 0.308 e. The fourth-order valence-electron chi connectivity index (χ4n) is 1.71. The van der Waals surface area contributed by atoms with Crippen molar-refractivity contribution >= 4 is 23.0 Å². The minimum Gasteiger partial charge on any atom is -0.481 e. The highest BCUT2D eigenvalue weighted by molar-refractivity contribution is 7.12. The molecule has 0 saturated heterocycles. The SMILES string of the molecule is Cc1cccc(NCc2ccc(CC(=O)O)s2)c1. The second-order valence-corrected chi connectivity index (χ2v) is 5.41. The third-order valence-corrected chi connectivity index (χ3v) is 3.61. The van der Waals surface area contributed by atoms with Crippen LogP contribution in [0.3, 0.4) is 0 Å². The number of nitrogens with one attached hydrogen (secondary N) is 1. The molecule has 2 aromatic rings. The first-order valence-corrected chi connectivity index (χ1v) is 6.55. The number of aryl methyl sites for hydroxylation is 1. The lowest BCUT2D eigenvalue weighted by molar-refractivity contribution is -0.136. The highest BCUT2D eigenvalue weighted by Crippen LogP contribution is 2.19. The number of hydrogen-bond acceptors (Lipinski definition) is 3. The summed E-state index contributed by atoms with van der Waals surface area (Å²) in [6.45, 7) is 2.79. The van der Waals surface area contributed by atoms with Crippen LogP contribution in [0.4, 0.5) is 5.69 Å². The zero-order chi connectivity index (χ0) is 13.0. The van der Waals surface area contributed by atoms with Crippen molar-refractivity contribution < 1.29 is 9.90 Å². The second-order valence-electron chi connectivity index (χ2n) is 4.16. The van der Waals surface area contributed by atoms with E-state index in [4.69, 9.17) is 5.11 Å². The molecule has 1 aromatic carbocycles. The summed E-state index contributed by atoms with van der Waals surface area (Å²) in [7, 11) is 0. The average Bonchev–Trinajstić information content (AvgIpc) is 2.73. The molecule has 2 N–H and O–H groups in total. The summed E-state index contributed by atoms with van der Waals surface area (Å²) in [5.74, 6) is -0.782. The Morgan fingerprint density at radius 1 is 1.28 bits per heavy atom. The summed E-state index contributed by atoms with van der Waals surface area (Å²) in [5.41, 5.74) is 2.31. The van der Waals surface area contributed by atoms with E-state index < -0.39 is 5.97 Å². The number of aliphatic carboxylic acids is 1. The van der Waals surface area contributed by atoms with Crippen LogP contribution in [0.5, 0.6) is 0 Å². The molecule has 0 aliphatic heterocycles. The molecule has 0 aliphatic rings. The molecule has 0 saturated carbocycles. The Kier molecular flexibility index (Phi) is 3.99. The van der Waals surface area contributed by atoms with Gasteiger partial charge in [-0.05, 0) is 36.8 Å². The molecule has 1 heterocycles. The predicted molar refractivity (Wildman–Crippen MR) is 74.2 cm³/mol. The topological polar surface area (TPSA) is 49.3 Å². The second kappa shape index (κ2) is 5.69. The van der Waals surface area contributed by atoms with Gasteiger partial charge < -0.3 is 10.4 Å². The van der Waals surface area contributed by atoms with E-state index in [9.17, 15) is 4.79 Å². The van der Waals surface area contributed by atoms with Gasteiger partial charge in [-0.3, -0.25) is 4.79 Å². The lowest BCUT2D eigenvalue weighted by atomic mass is 10.2. The van der Waals surface area contributed by atoms with Crippen LogP contribution in [0.2, 0.25) is 0 Å². The Labute approximate surface area is 110 Å². The quantitative estimate of drug-likeness (QED) is 0.868. The maximum absolute atomic E-state index is 10.6. The molecule has 18 heavy (non-hydrogen) atoms. The molecule has 0 fully saturated rings. The Balaban J connectivity index is 1.94. The summed E-state index contributed by atoms with van der Waals surface area (Å²) in [6, 6.07) is 12.0. The van der Waals surface area contributed by atoms with E-state index in [0.29, 0.717) is 0 Å². The Hall–Kier alpha value is -1.81. The van der Waals surface area contributed by atoms with E-state index in [0.717, 1.165) is 22.0 Å². The smallest absolute Gasteiger partial charge is 0.308 e. The van der Waals surface area contributed by atoms with Gasteiger partial charge in [0.05, 0.1) is 6.42 Å². The molecule has 94 valence electrons. The van der Waals surface area contributed by atoms with Gasteiger partial charge in [0.1, 0.15) is 0 Å². The number of carboxylic acid groups (broad SMARTS) is 1. The predicted octanol–water partition coefficient (Wildman–Crippen LogP) is 3.30. The average molecular weight is 261 g/mol. The van der Waals surface area contributed by atoms with Crippen molar-refractivity contribution in [3.05, 3.63) is 51.7 Å². The number of carbonyl (C=O) groups is 1. The molecule has 1 aromatic heterocycles. The van der Waals surface area contributed by atoms with Gasteiger partial charge in [-0.25, -0.2) is 0 Å². The van der Waals surface area contributed by atoms with Crippen LogP contribution in [0.15, 0.2) is 36.4 Å². The number of carboxylic acids is 1. The molecule has 0 aliphatic carbocycles. The van der Waals surface area contributed by atoms with Crippen LogP contribution in [0, 0.1) is 6.92 Å². The van der Waals surface area contributed by atoms with Crippen molar-refractivity contribution in [1.82, 2.24) is 0 Å². The molecule has 0 unspecified atom stereocenters. The van der Waals surface area contributed by atoms with E-state index in [2.05, 4.69) is 24.4 Å². The summed E-state index contributed by atoms with van der Waals surface area (Å²) in [4.78, 5) is 12.6. The van der Waals surface area contributed by atoms with Crippen LogP contribution in [-0.2, 0) is 17.8 Å². The van der Waals surface area contributed by atoms with Crippen LogP contribution in [0.1, 0.15) is 15.3 Å². The van der Waals surface area contributed by atoms with E-state index in [1.807, 2.05) is 24.3 Å². The lowest BCUT2D eigenvalue weighted by Gasteiger charge is -2.05. The van der Waals surface area contributed by atoms with Crippen molar-refractivity contribution in [2.75, 3.05) is 5.32 Å². The van der Waals surface area contributed by atoms with Gasteiger partial charge in [-0.15, -0.1) is 11.3 Å². The van der Waals surface area contributed by atoms with Gasteiger partial charge in [0.2, 0.25) is 0 Å². The molecule has 2 rings (SSSR count). The molecule has 4 heteroatoms. The van der Waals surface area contributed by atoms with E-state index >= 15 is 0 Å². The summed E-state index contributed by atoms with van der Waals surface area (Å²) in [5, 5.41) is 12.0. The standard InChI is InChI=1S/C14H15NO2S/c1-10-3-2-4-11(7-10)15-9-13-6-5-12(18-13)8-14(16)17/h2-7,15H,8-9H2,1H3,(H,16,17). The normalized spacial score (nSPS) is 10.3. The van der Waals surface area contributed by atoms with E-state index in [-0.39, 0.29) is 6.42 Å². The molecular formula is C14H15NO2S. The third kappa shape index (κ3) is 3.60. The van der Waals surface area contributed by atoms with Crippen molar-refractivity contribution in [2.24, 2.45) is 0 Å². The maximum atomic E-state index is 10.6. The zero-order valence-electron chi connectivity index (χ0n) is 10.1. The Bertz CT molecular complexity index is 548. The van der Waals surface area contributed by atoms with Gasteiger partial charge in [-0.1, -0.05) is 12.1 Å². The van der Waals surface area contributed by atoms with Crippen LogP contribution < -0.4 is 5.32 Å². The van der Waals surface area contributed by atoms with Gasteiger partial charge >= 0.3 is 5.97 Å². The highest BCUT2D eigenvalue weighted by atomic mass is 32.1. The molecule has 3 nitrogen and oxygen atoms in total. The zero-order valence-corrected chi connectivity index (χ0v) is 11.0. The van der Waals surface area contributed by atoms with Gasteiger partial charge in [0.25, 0.3) is 0 Å². The largest absolute Gasteiger partial charge is 0.481 e. The van der Waals surface area contributed by atoms with Crippen LogP contribution >= 0.6 is 11.3 Å². The molecule has 0 atom stereocenters. The fraction of sp³-hybridized carbons (Fsp3) is 0.214. The van der Waals surface area contributed by atoms with E-state index in [1.165, 1.54) is 5.56 Å². The monoisotopic (exact) mass is 261 g/mol. The number of anilines is 1. The third-order valence-electron chi connectivity index (χ3n) is 2.53. The molecular weight excluding hydrogens is 246 g/mol. The Morgan fingerprint density at radius 2 is 2.06 bits per heavy atom. The minimum absolute atomic E-state index is 0.106. The van der Waals surface area contributed by atoms with Crippen molar-refractivity contribution in [3.63, 3.8) is 0 Å².